The Morgan fingerprint density at radius 1 is 1.18 bits per heavy atom. The van der Waals surface area contributed by atoms with Crippen molar-refractivity contribution in [3.63, 3.8) is 0 Å². The van der Waals surface area contributed by atoms with Crippen LogP contribution in [0.1, 0.15) is 27.9 Å². The van der Waals surface area contributed by atoms with E-state index in [9.17, 15) is 27.6 Å². The van der Waals surface area contributed by atoms with Crippen LogP contribution in [0.5, 0.6) is 0 Å². The number of amides is 2. The van der Waals surface area contributed by atoms with E-state index >= 15 is 0 Å². The number of rotatable bonds is 10. The minimum absolute atomic E-state index is 0.0749. The minimum atomic E-state index is -4.67. The van der Waals surface area contributed by atoms with E-state index < -0.39 is 47.6 Å². The molecule has 1 aliphatic rings. The fraction of sp³-hybridized carbons (Fsp3) is 0.346. The highest BCUT2D eigenvalue weighted by Crippen LogP contribution is 2.31. The highest BCUT2D eigenvalue weighted by molar-refractivity contribution is 6.00. The Labute approximate surface area is 218 Å². The lowest BCUT2D eigenvalue weighted by molar-refractivity contribution is -0.137. The topological polar surface area (TPSA) is 126 Å². The summed E-state index contributed by atoms with van der Waals surface area (Å²) in [5.41, 5.74) is 4.91. The van der Waals surface area contributed by atoms with Crippen LogP contribution in [0.3, 0.4) is 0 Å². The van der Waals surface area contributed by atoms with Crippen molar-refractivity contribution in [1.29, 1.82) is 0 Å². The number of nitrogens with zero attached hydrogens (tertiary/aromatic N) is 1. The number of anilines is 1. The third kappa shape index (κ3) is 8.05. The van der Waals surface area contributed by atoms with Gasteiger partial charge in [-0.2, -0.15) is 13.2 Å². The van der Waals surface area contributed by atoms with Crippen LogP contribution in [0.2, 0.25) is 0 Å². The van der Waals surface area contributed by atoms with Gasteiger partial charge in [0, 0.05) is 31.4 Å². The van der Waals surface area contributed by atoms with Crippen LogP contribution in [0.25, 0.3) is 0 Å². The van der Waals surface area contributed by atoms with Gasteiger partial charge in [-0.1, -0.05) is 36.4 Å². The normalized spacial score (nSPS) is 18.7. The molecular formula is C26H30F3N5O4. The van der Waals surface area contributed by atoms with Gasteiger partial charge in [0.05, 0.1) is 17.2 Å². The third-order valence-electron chi connectivity index (χ3n) is 6.04. The number of ether oxygens (including phenoxy) is 1. The summed E-state index contributed by atoms with van der Waals surface area (Å²) < 4.78 is 44.6. The van der Waals surface area contributed by atoms with Gasteiger partial charge in [0.2, 0.25) is 0 Å². The zero-order valence-electron chi connectivity index (χ0n) is 20.5. The summed E-state index contributed by atoms with van der Waals surface area (Å²) in [7, 11) is 0. The van der Waals surface area contributed by atoms with Crippen LogP contribution < -0.4 is 21.7 Å². The summed E-state index contributed by atoms with van der Waals surface area (Å²) in [4.78, 5) is 39.1. The molecule has 3 rings (SSSR count). The number of carbonyl (C=O) groups excluding carboxylic acids is 3. The number of likely N-dealkylation sites (tertiary alicyclic amines) is 1. The number of alkyl carbamates (subject to hydrolysis) is 1. The Balaban J connectivity index is 1.68. The summed E-state index contributed by atoms with van der Waals surface area (Å²) in [6.45, 7) is 5.38. The SMILES string of the molecule is C=CCN1CC[C@H](NC(=O)OCc2ccccc2)[C@H](NC(C=O)NC(=O)c2cc(C(F)(F)F)ccc2N)C1. The molecule has 2 amide bonds. The Hall–Kier alpha value is -3.90. The summed E-state index contributed by atoms with van der Waals surface area (Å²) in [6.07, 6.45) is -3.95. The van der Waals surface area contributed by atoms with Crippen molar-refractivity contribution in [3.8, 4) is 0 Å². The molecule has 1 aliphatic heterocycles. The number of nitrogen functional groups attached to an aromatic ring is 1. The van der Waals surface area contributed by atoms with E-state index in [4.69, 9.17) is 10.5 Å². The maximum absolute atomic E-state index is 13.1. The number of hydrogen-bond acceptors (Lipinski definition) is 7. The molecule has 204 valence electrons. The molecular weight excluding hydrogens is 503 g/mol. The fourth-order valence-electron chi connectivity index (χ4n) is 4.12. The van der Waals surface area contributed by atoms with Crippen molar-refractivity contribution < 1.29 is 32.3 Å². The number of nitrogens with one attached hydrogen (secondary N) is 3. The van der Waals surface area contributed by atoms with E-state index in [-0.39, 0.29) is 12.3 Å². The lowest BCUT2D eigenvalue weighted by atomic mass is 9.99. The second-order valence-corrected chi connectivity index (χ2v) is 8.81. The van der Waals surface area contributed by atoms with Gasteiger partial charge in [0.25, 0.3) is 5.91 Å². The van der Waals surface area contributed by atoms with Crippen molar-refractivity contribution >= 4 is 24.0 Å². The first-order valence-electron chi connectivity index (χ1n) is 11.9. The van der Waals surface area contributed by atoms with Crippen molar-refractivity contribution in [3.05, 3.63) is 77.9 Å². The average Bonchev–Trinajstić information content (AvgIpc) is 2.88. The predicted octanol–water partition coefficient (Wildman–Crippen LogP) is 2.69. The number of halogens is 3. The molecule has 0 aromatic heterocycles. The standard InChI is InChI=1S/C26H30F3N5O4/c1-2-11-34-12-10-21(32-25(37)38-16-17-6-4-3-5-7-17)22(14-34)31-23(15-35)33-24(36)19-13-18(26(27,28)29)8-9-20(19)30/h2-9,13,15,21-23,31H,1,10-12,14,16,30H2,(H,32,37)(H,33,36)/t21-,22+,23?/m0/s1. The van der Waals surface area contributed by atoms with Crippen LogP contribution in [0.4, 0.5) is 23.7 Å². The number of piperidine rings is 1. The highest BCUT2D eigenvalue weighted by Gasteiger charge is 2.34. The van der Waals surface area contributed by atoms with Gasteiger partial charge in [0.15, 0.2) is 6.29 Å². The molecule has 0 bridgehead atoms. The molecule has 0 radical (unpaired) electrons. The number of aldehydes is 1. The maximum atomic E-state index is 13.1. The number of hydrogen-bond donors (Lipinski definition) is 4. The molecule has 2 aromatic carbocycles. The molecule has 0 spiro atoms. The maximum Gasteiger partial charge on any atom is 0.416 e. The molecule has 3 atom stereocenters. The zero-order chi connectivity index (χ0) is 27.7. The van der Waals surface area contributed by atoms with Gasteiger partial charge in [-0.05, 0) is 30.2 Å². The second-order valence-electron chi connectivity index (χ2n) is 8.81. The molecule has 12 heteroatoms. The summed E-state index contributed by atoms with van der Waals surface area (Å²) in [5.74, 6) is -0.955. The van der Waals surface area contributed by atoms with E-state index in [0.717, 1.165) is 17.7 Å². The molecule has 5 N–H and O–H groups in total. The summed E-state index contributed by atoms with van der Waals surface area (Å²) >= 11 is 0. The predicted molar refractivity (Wildman–Crippen MR) is 135 cm³/mol. The molecule has 1 saturated heterocycles. The summed E-state index contributed by atoms with van der Waals surface area (Å²) in [5, 5.41) is 8.15. The molecule has 2 aromatic rings. The number of carbonyl (C=O) groups is 3. The molecule has 38 heavy (non-hydrogen) atoms. The van der Waals surface area contributed by atoms with Crippen molar-refractivity contribution in [2.24, 2.45) is 0 Å². The monoisotopic (exact) mass is 533 g/mol. The van der Waals surface area contributed by atoms with Gasteiger partial charge in [-0.25, -0.2) is 4.79 Å². The lowest BCUT2D eigenvalue weighted by Gasteiger charge is -2.39. The smallest absolute Gasteiger partial charge is 0.416 e. The minimum Gasteiger partial charge on any atom is -0.445 e. The Morgan fingerprint density at radius 2 is 1.92 bits per heavy atom. The van der Waals surface area contributed by atoms with Gasteiger partial charge < -0.3 is 21.1 Å². The third-order valence-corrected chi connectivity index (χ3v) is 6.04. The van der Waals surface area contributed by atoms with Crippen molar-refractivity contribution in [2.75, 3.05) is 25.4 Å². The molecule has 1 heterocycles. The molecule has 1 unspecified atom stereocenters. The average molecular weight is 534 g/mol. The van der Waals surface area contributed by atoms with Crippen molar-refractivity contribution in [1.82, 2.24) is 20.9 Å². The molecule has 0 aliphatic carbocycles. The Bertz CT molecular complexity index is 1130. The molecule has 1 fully saturated rings. The van der Waals surface area contributed by atoms with Crippen LogP contribution in [-0.2, 0) is 22.3 Å². The van der Waals surface area contributed by atoms with Crippen molar-refractivity contribution in [2.45, 2.75) is 37.5 Å². The lowest BCUT2D eigenvalue weighted by Crippen LogP contribution is -2.63. The number of benzene rings is 2. The first-order chi connectivity index (χ1) is 18.1. The van der Waals surface area contributed by atoms with E-state index in [2.05, 4.69) is 22.5 Å². The highest BCUT2D eigenvalue weighted by atomic mass is 19.4. The molecule has 0 saturated carbocycles. The van der Waals surface area contributed by atoms with Gasteiger partial charge in [0.1, 0.15) is 12.8 Å². The van der Waals surface area contributed by atoms with E-state index in [1.807, 2.05) is 35.2 Å². The van der Waals surface area contributed by atoms with Gasteiger partial charge in [-0.3, -0.25) is 19.8 Å². The first-order valence-corrected chi connectivity index (χ1v) is 11.9. The number of alkyl halides is 3. The van der Waals surface area contributed by atoms with Crippen LogP contribution in [-0.4, -0.2) is 61.1 Å². The largest absolute Gasteiger partial charge is 0.445 e. The van der Waals surface area contributed by atoms with Gasteiger partial charge >= 0.3 is 12.3 Å². The zero-order valence-corrected chi connectivity index (χ0v) is 20.5. The van der Waals surface area contributed by atoms with E-state index in [1.54, 1.807) is 6.08 Å². The van der Waals surface area contributed by atoms with E-state index in [0.29, 0.717) is 38.4 Å². The summed E-state index contributed by atoms with van der Waals surface area (Å²) in [6, 6.07) is 10.5. The quantitative estimate of drug-likeness (QED) is 0.160. The fourth-order valence-corrected chi connectivity index (χ4v) is 4.12. The Morgan fingerprint density at radius 3 is 2.58 bits per heavy atom. The second kappa shape index (κ2) is 13.1. The van der Waals surface area contributed by atoms with Gasteiger partial charge in [-0.15, -0.1) is 6.58 Å². The first kappa shape index (κ1) is 28.7. The van der Waals surface area contributed by atoms with Crippen LogP contribution in [0, 0.1) is 0 Å². The molecule has 9 nitrogen and oxygen atoms in total. The van der Waals surface area contributed by atoms with Crippen LogP contribution in [0.15, 0.2) is 61.2 Å². The van der Waals surface area contributed by atoms with Crippen LogP contribution >= 0.6 is 0 Å². The Kier molecular flexibility index (Phi) is 9.85. The number of nitrogens with two attached hydrogens (primary N) is 1. The van der Waals surface area contributed by atoms with E-state index in [1.165, 1.54) is 0 Å².